The monoisotopic (exact) mass is 505 g/mol. The Hall–Kier alpha value is -4.08. The van der Waals surface area contributed by atoms with Crippen LogP contribution in [0.25, 0.3) is 0 Å². The van der Waals surface area contributed by atoms with Gasteiger partial charge in [-0.3, -0.25) is 4.79 Å². The summed E-state index contributed by atoms with van der Waals surface area (Å²) in [7, 11) is 4.38. The predicted molar refractivity (Wildman–Crippen MR) is 124 cm³/mol. The molecule has 0 N–H and O–H groups in total. The van der Waals surface area contributed by atoms with E-state index in [0.717, 1.165) is 22.6 Å². The van der Waals surface area contributed by atoms with Crippen molar-refractivity contribution in [2.45, 2.75) is 19.6 Å². The van der Waals surface area contributed by atoms with E-state index in [0.29, 0.717) is 34.3 Å². The molecule has 0 atom stereocenters. The lowest BCUT2D eigenvalue weighted by Gasteiger charge is -2.18. The SMILES string of the molecule is COC(=O)c1cccc(OC)c1C.COc1cccc2c1CN(c1ccc(C(F)(F)F)cc1F)C2=O. The topological polar surface area (TPSA) is 65.1 Å². The molecule has 1 amide bonds. The van der Waals surface area contributed by atoms with Crippen molar-refractivity contribution in [2.24, 2.45) is 0 Å². The molecule has 0 saturated heterocycles. The number of rotatable bonds is 4. The zero-order chi connectivity index (χ0) is 26.6. The van der Waals surface area contributed by atoms with E-state index in [1.54, 1.807) is 37.4 Å². The van der Waals surface area contributed by atoms with E-state index < -0.39 is 23.5 Å². The van der Waals surface area contributed by atoms with E-state index in [9.17, 15) is 27.2 Å². The van der Waals surface area contributed by atoms with Gasteiger partial charge in [-0.2, -0.15) is 13.2 Å². The summed E-state index contributed by atoms with van der Waals surface area (Å²) in [5.41, 5.74) is 0.989. The first-order chi connectivity index (χ1) is 17.0. The van der Waals surface area contributed by atoms with Crippen LogP contribution in [0, 0.1) is 12.7 Å². The number of esters is 1. The number of hydrogen-bond donors (Lipinski definition) is 0. The smallest absolute Gasteiger partial charge is 0.416 e. The minimum absolute atomic E-state index is 0.0421. The van der Waals surface area contributed by atoms with Gasteiger partial charge in [0.15, 0.2) is 0 Å². The Morgan fingerprint density at radius 3 is 2.17 bits per heavy atom. The highest BCUT2D eigenvalue weighted by molar-refractivity contribution is 6.10. The van der Waals surface area contributed by atoms with Crippen LogP contribution in [0.2, 0.25) is 0 Å². The normalized spacial score (nSPS) is 12.4. The van der Waals surface area contributed by atoms with Gasteiger partial charge in [0.1, 0.15) is 17.3 Å². The lowest BCUT2D eigenvalue weighted by molar-refractivity contribution is -0.137. The van der Waals surface area contributed by atoms with Gasteiger partial charge in [0.25, 0.3) is 5.91 Å². The first-order valence-corrected chi connectivity index (χ1v) is 10.6. The highest BCUT2D eigenvalue weighted by atomic mass is 19.4. The minimum atomic E-state index is -4.64. The van der Waals surface area contributed by atoms with Gasteiger partial charge in [-0.1, -0.05) is 12.1 Å². The Kier molecular flexibility index (Phi) is 7.87. The summed E-state index contributed by atoms with van der Waals surface area (Å²) in [5, 5.41) is 0. The van der Waals surface area contributed by atoms with Gasteiger partial charge in [-0.15, -0.1) is 0 Å². The Labute approximate surface area is 205 Å². The quantitative estimate of drug-likeness (QED) is 0.331. The van der Waals surface area contributed by atoms with Gasteiger partial charge in [0.05, 0.1) is 44.7 Å². The summed E-state index contributed by atoms with van der Waals surface area (Å²) >= 11 is 0. The number of halogens is 4. The molecule has 4 rings (SSSR count). The van der Waals surface area contributed by atoms with Crippen molar-refractivity contribution in [3.05, 3.63) is 88.2 Å². The minimum Gasteiger partial charge on any atom is -0.496 e. The molecule has 1 aliphatic rings. The van der Waals surface area contributed by atoms with Gasteiger partial charge < -0.3 is 19.1 Å². The molecule has 10 heteroatoms. The molecule has 36 heavy (non-hydrogen) atoms. The van der Waals surface area contributed by atoms with Crippen molar-refractivity contribution < 1.29 is 41.4 Å². The number of amides is 1. The third kappa shape index (κ3) is 5.27. The van der Waals surface area contributed by atoms with Crippen molar-refractivity contribution in [1.29, 1.82) is 0 Å². The molecule has 3 aromatic carbocycles. The Morgan fingerprint density at radius 1 is 0.944 bits per heavy atom. The maximum atomic E-state index is 14.1. The molecule has 1 aliphatic heterocycles. The van der Waals surface area contributed by atoms with Crippen molar-refractivity contribution in [1.82, 2.24) is 0 Å². The largest absolute Gasteiger partial charge is 0.496 e. The van der Waals surface area contributed by atoms with Crippen molar-refractivity contribution in [3.63, 3.8) is 0 Å². The molecule has 0 fully saturated rings. The second-order valence-corrected chi connectivity index (χ2v) is 7.67. The van der Waals surface area contributed by atoms with Crippen LogP contribution in [0.15, 0.2) is 54.6 Å². The number of anilines is 1. The first-order valence-electron chi connectivity index (χ1n) is 10.6. The molecule has 6 nitrogen and oxygen atoms in total. The van der Waals surface area contributed by atoms with Crippen LogP contribution in [-0.4, -0.2) is 33.2 Å². The number of fused-ring (bicyclic) bond motifs is 1. The van der Waals surface area contributed by atoms with Crippen LogP contribution in [0.3, 0.4) is 0 Å². The zero-order valence-electron chi connectivity index (χ0n) is 19.9. The summed E-state index contributed by atoms with van der Waals surface area (Å²) in [4.78, 5) is 24.7. The van der Waals surface area contributed by atoms with Gasteiger partial charge in [-0.25, -0.2) is 9.18 Å². The molecule has 0 aromatic heterocycles. The first kappa shape index (κ1) is 26.5. The summed E-state index contributed by atoms with van der Waals surface area (Å²) in [6, 6.07) is 12.3. The Balaban J connectivity index is 0.000000236. The lowest BCUT2D eigenvalue weighted by Crippen LogP contribution is -2.24. The van der Waals surface area contributed by atoms with Crippen LogP contribution in [-0.2, 0) is 17.5 Å². The van der Waals surface area contributed by atoms with Crippen LogP contribution < -0.4 is 14.4 Å². The number of benzene rings is 3. The second kappa shape index (κ2) is 10.7. The number of methoxy groups -OCH3 is 3. The van der Waals surface area contributed by atoms with E-state index in [4.69, 9.17) is 9.47 Å². The van der Waals surface area contributed by atoms with Gasteiger partial charge >= 0.3 is 12.1 Å². The number of hydrogen-bond acceptors (Lipinski definition) is 5. The van der Waals surface area contributed by atoms with Crippen molar-refractivity contribution in [2.75, 3.05) is 26.2 Å². The van der Waals surface area contributed by atoms with E-state index >= 15 is 0 Å². The molecular formula is C26H23F4NO5. The highest BCUT2D eigenvalue weighted by Crippen LogP contribution is 2.37. The number of carbonyl (C=O) groups excluding carboxylic acids is 2. The van der Waals surface area contributed by atoms with Gasteiger partial charge in [-0.05, 0) is 49.4 Å². The molecule has 1 heterocycles. The van der Waals surface area contributed by atoms with Crippen LogP contribution >= 0.6 is 0 Å². The third-order valence-electron chi connectivity index (χ3n) is 5.62. The number of alkyl halides is 3. The molecule has 0 spiro atoms. The van der Waals surface area contributed by atoms with Crippen molar-refractivity contribution >= 4 is 17.6 Å². The maximum absolute atomic E-state index is 14.1. The molecule has 0 unspecified atom stereocenters. The number of carbonyl (C=O) groups is 2. The summed E-state index contributed by atoms with van der Waals surface area (Å²) in [5.74, 6) is -0.734. The fourth-order valence-electron chi connectivity index (χ4n) is 3.76. The number of nitrogens with zero attached hydrogens (tertiary/aromatic N) is 1. The molecule has 0 radical (unpaired) electrons. The van der Waals surface area contributed by atoms with E-state index in [2.05, 4.69) is 4.74 Å². The van der Waals surface area contributed by atoms with Crippen molar-refractivity contribution in [3.8, 4) is 11.5 Å². The standard InChI is InChI=1S/C16H11F4NO2.C10H12O3/c1-23-14-4-2-3-10-11(14)8-21(15(10)22)13-6-5-9(7-12(13)17)16(18,19)20;1-7-8(10(11)13-3)5-4-6-9(7)12-2/h2-7H,8H2,1H3;4-6H,1-3H3. The Morgan fingerprint density at radius 2 is 1.58 bits per heavy atom. The molecule has 0 saturated carbocycles. The molecular weight excluding hydrogens is 482 g/mol. The van der Waals surface area contributed by atoms with E-state index in [1.165, 1.54) is 14.2 Å². The van der Waals surface area contributed by atoms with Crippen LogP contribution in [0.1, 0.15) is 37.4 Å². The van der Waals surface area contributed by atoms with E-state index in [-0.39, 0.29) is 18.2 Å². The predicted octanol–water partition coefficient (Wildman–Crippen LogP) is 5.80. The highest BCUT2D eigenvalue weighted by Gasteiger charge is 2.35. The second-order valence-electron chi connectivity index (χ2n) is 7.67. The molecule has 0 bridgehead atoms. The Bertz CT molecular complexity index is 1290. The van der Waals surface area contributed by atoms with E-state index in [1.807, 2.05) is 13.0 Å². The summed E-state index contributed by atoms with van der Waals surface area (Å²) in [6.07, 6.45) is -4.64. The fraction of sp³-hybridized carbons (Fsp3) is 0.231. The van der Waals surface area contributed by atoms with Gasteiger partial charge in [0.2, 0.25) is 0 Å². The fourth-order valence-corrected chi connectivity index (χ4v) is 3.76. The lowest BCUT2D eigenvalue weighted by atomic mass is 10.1. The number of ether oxygens (including phenoxy) is 3. The summed E-state index contributed by atoms with van der Waals surface area (Å²) < 4.78 is 66.8. The molecule has 3 aromatic rings. The summed E-state index contributed by atoms with van der Waals surface area (Å²) in [6.45, 7) is 1.87. The molecule has 190 valence electrons. The maximum Gasteiger partial charge on any atom is 0.416 e. The average molecular weight is 505 g/mol. The third-order valence-corrected chi connectivity index (χ3v) is 5.62. The zero-order valence-corrected chi connectivity index (χ0v) is 19.9. The average Bonchev–Trinajstić information content (AvgIpc) is 3.19. The van der Waals surface area contributed by atoms with Crippen LogP contribution in [0.5, 0.6) is 11.5 Å². The van der Waals surface area contributed by atoms with Crippen LogP contribution in [0.4, 0.5) is 23.2 Å². The van der Waals surface area contributed by atoms with Gasteiger partial charge in [0, 0.05) is 16.7 Å². The molecule has 0 aliphatic carbocycles.